The minimum atomic E-state index is -0.791. The van der Waals surface area contributed by atoms with Crippen LogP contribution < -0.4 is 5.32 Å². The zero-order valence-electron chi connectivity index (χ0n) is 16.9. The number of nitrogens with one attached hydrogen (secondary N) is 1. The highest BCUT2D eigenvalue weighted by atomic mass is 32.2. The van der Waals surface area contributed by atoms with Gasteiger partial charge in [0.15, 0.2) is 6.61 Å². The normalized spacial score (nSPS) is 10.8. The number of nitrogens with zero attached hydrogens (tertiary/aromatic N) is 4. The summed E-state index contributed by atoms with van der Waals surface area (Å²) in [5.74, 6) is -1.12. The van der Waals surface area contributed by atoms with Gasteiger partial charge in [0.1, 0.15) is 0 Å². The SMILES string of the molecule is Cc1ccc(Sc2ccc(NC(=O)COC(=O)c3nc4ncccn4n3)cc2)cc1C. The Morgan fingerprint density at radius 2 is 1.84 bits per heavy atom. The molecule has 2 heterocycles. The first kappa shape index (κ1) is 20.5. The number of hydrogen-bond donors (Lipinski definition) is 1. The van der Waals surface area contributed by atoms with Crippen molar-refractivity contribution in [2.75, 3.05) is 11.9 Å². The van der Waals surface area contributed by atoms with Crippen molar-refractivity contribution >= 4 is 35.1 Å². The first-order valence-electron chi connectivity index (χ1n) is 9.47. The summed E-state index contributed by atoms with van der Waals surface area (Å²) in [5.41, 5.74) is 3.12. The number of hydrogen-bond acceptors (Lipinski definition) is 7. The standard InChI is InChI=1S/C22H19N5O3S/c1-14-4-7-18(12-15(14)2)31-17-8-5-16(6-9-17)24-19(28)13-30-21(29)20-25-22-23-10-3-11-27(22)26-20/h3-12H,13H2,1-2H3,(H,24,28). The third-order valence-corrected chi connectivity index (χ3v) is 5.48. The molecule has 1 N–H and O–H groups in total. The summed E-state index contributed by atoms with van der Waals surface area (Å²) in [5, 5.41) is 6.66. The molecule has 1 amide bonds. The lowest BCUT2D eigenvalue weighted by Crippen LogP contribution is -2.21. The van der Waals surface area contributed by atoms with Gasteiger partial charge in [0.25, 0.3) is 17.5 Å². The van der Waals surface area contributed by atoms with Crippen LogP contribution in [0.1, 0.15) is 21.7 Å². The average Bonchev–Trinajstić information content (AvgIpc) is 3.20. The van der Waals surface area contributed by atoms with E-state index < -0.39 is 18.5 Å². The molecular formula is C22H19N5O3S. The van der Waals surface area contributed by atoms with Crippen molar-refractivity contribution in [2.45, 2.75) is 23.6 Å². The van der Waals surface area contributed by atoms with Crippen molar-refractivity contribution in [3.63, 3.8) is 0 Å². The van der Waals surface area contributed by atoms with Gasteiger partial charge in [-0.3, -0.25) is 4.79 Å². The Bertz CT molecular complexity index is 1220. The zero-order valence-corrected chi connectivity index (χ0v) is 17.7. The van der Waals surface area contributed by atoms with Crippen LogP contribution in [-0.4, -0.2) is 38.1 Å². The van der Waals surface area contributed by atoms with Gasteiger partial charge in [-0.1, -0.05) is 17.8 Å². The Morgan fingerprint density at radius 3 is 2.58 bits per heavy atom. The van der Waals surface area contributed by atoms with Crippen molar-refractivity contribution in [2.24, 2.45) is 0 Å². The number of benzene rings is 2. The predicted molar refractivity (Wildman–Crippen MR) is 116 cm³/mol. The van der Waals surface area contributed by atoms with Gasteiger partial charge in [0, 0.05) is 27.9 Å². The maximum atomic E-state index is 12.1. The van der Waals surface area contributed by atoms with E-state index >= 15 is 0 Å². The maximum Gasteiger partial charge on any atom is 0.378 e. The van der Waals surface area contributed by atoms with E-state index in [9.17, 15) is 9.59 Å². The molecule has 0 unspecified atom stereocenters. The number of amides is 1. The van der Waals surface area contributed by atoms with Gasteiger partial charge in [-0.15, -0.1) is 5.10 Å². The van der Waals surface area contributed by atoms with Crippen molar-refractivity contribution in [3.05, 3.63) is 77.9 Å². The molecule has 0 saturated heterocycles. The Kier molecular flexibility index (Phi) is 5.94. The lowest BCUT2D eigenvalue weighted by atomic mass is 10.1. The topological polar surface area (TPSA) is 98.5 Å². The summed E-state index contributed by atoms with van der Waals surface area (Å²) in [4.78, 5) is 34.3. The van der Waals surface area contributed by atoms with Crippen LogP contribution >= 0.6 is 11.8 Å². The number of carbonyl (C=O) groups is 2. The van der Waals surface area contributed by atoms with E-state index in [0.717, 1.165) is 9.79 Å². The quantitative estimate of drug-likeness (QED) is 0.463. The van der Waals surface area contributed by atoms with E-state index in [1.54, 1.807) is 36.2 Å². The Hall–Kier alpha value is -3.72. The number of esters is 1. The van der Waals surface area contributed by atoms with Crippen LogP contribution in [0.5, 0.6) is 0 Å². The number of aryl methyl sites for hydroxylation is 2. The molecule has 0 aliphatic carbocycles. The predicted octanol–water partition coefficient (Wildman–Crippen LogP) is 3.69. The summed E-state index contributed by atoms with van der Waals surface area (Å²) in [7, 11) is 0. The van der Waals surface area contributed by atoms with E-state index in [-0.39, 0.29) is 11.6 Å². The highest BCUT2D eigenvalue weighted by Gasteiger charge is 2.16. The van der Waals surface area contributed by atoms with Gasteiger partial charge in [-0.2, -0.15) is 4.98 Å². The molecule has 9 heteroatoms. The molecule has 8 nitrogen and oxygen atoms in total. The number of anilines is 1. The average molecular weight is 433 g/mol. The molecule has 0 fully saturated rings. The lowest BCUT2D eigenvalue weighted by Gasteiger charge is -2.08. The molecule has 2 aromatic carbocycles. The molecule has 0 aliphatic rings. The molecule has 156 valence electrons. The smallest absolute Gasteiger partial charge is 0.378 e. The Labute approximate surface area is 182 Å². The summed E-state index contributed by atoms with van der Waals surface area (Å²) in [6.45, 7) is 3.73. The van der Waals surface area contributed by atoms with Crippen molar-refractivity contribution in [3.8, 4) is 0 Å². The minimum Gasteiger partial charge on any atom is -0.450 e. The highest BCUT2D eigenvalue weighted by Crippen LogP contribution is 2.29. The highest BCUT2D eigenvalue weighted by molar-refractivity contribution is 7.99. The van der Waals surface area contributed by atoms with Crippen LogP contribution in [0.25, 0.3) is 5.78 Å². The van der Waals surface area contributed by atoms with Crippen LogP contribution in [0.3, 0.4) is 0 Å². The number of aromatic nitrogens is 4. The van der Waals surface area contributed by atoms with Crippen LogP contribution in [0.4, 0.5) is 5.69 Å². The number of rotatable bonds is 6. The van der Waals surface area contributed by atoms with Crippen LogP contribution in [0, 0.1) is 13.8 Å². The second-order valence-electron chi connectivity index (χ2n) is 6.80. The molecule has 0 atom stereocenters. The van der Waals surface area contributed by atoms with Crippen molar-refractivity contribution in [1.82, 2.24) is 19.6 Å². The lowest BCUT2D eigenvalue weighted by molar-refractivity contribution is -0.119. The molecule has 4 aromatic rings. The number of ether oxygens (including phenoxy) is 1. The summed E-state index contributed by atoms with van der Waals surface area (Å²) >= 11 is 1.65. The van der Waals surface area contributed by atoms with Gasteiger partial charge in [0.2, 0.25) is 0 Å². The van der Waals surface area contributed by atoms with Gasteiger partial charge < -0.3 is 10.1 Å². The fourth-order valence-electron chi connectivity index (χ4n) is 2.73. The van der Waals surface area contributed by atoms with Crippen molar-refractivity contribution in [1.29, 1.82) is 0 Å². The number of fused-ring (bicyclic) bond motifs is 1. The van der Waals surface area contributed by atoms with E-state index in [0.29, 0.717) is 5.69 Å². The third-order valence-electron chi connectivity index (χ3n) is 4.49. The molecule has 0 spiro atoms. The Morgan fingerprint density at radius 1 is 1.06 bits per heavy atom. The molecule has 0 aliphatic heterocycles. The monoisotopic (exact) mass is 433 g/mol. The van der Waals surface area contributed by atoms with Crippen LogP contribution in [0.2, 0.25) is 0 Å². The first-order chi connectivity index (χ1) is 15.0. The molecule has 2 aromatic heterocycles. The molecule has 0 saturated carbocycles. The molecule has 0 radical (unpaired) electrons. The third kappa shape index (κ3) is 5.07. The van der Waals surface area contributed by atoms with E-state index in [1.807, 2.05) is 12.1 Å². The summed E-state index contributed by atoms with van der Waals surface area (Å²) in [6.07, 6.45) is 3.15. The second kappa shape index (κ2) is 8.97. The van der Waals surface area contributed by atoms with Gasteiger partial charge in [-0.05, 0) is 67.4 Å². The van der Waals surface area contributed by atoms with Crippen LogP contribution in [-0.2, 0) is 9.53 Å². The molecule has 31 heavy (non-hydrogen) atoms. The van der Waals surface area contributed by atoms with E-state index in [4.69, 9.17) is 4.74 Å². The fraction of sp³-hybridized carbons (Fsp3) is 0.136. The summed E-state index contributed by atoms with van der Waals surface area (Å²) < 4.78 is 6.35. The van der Waals surface area contributed by atoms with Gasteiger partial charge in [0.05, 0.1) is 0 Å². The summed E-state index contributed by atoms with van der Waals surface area (Å²) in [6, 6.07) is 15.5. The van der Waals surface area contributed by atoms with Gasteiger partial charge in [-0.25, -0.2) is 14.3 Å². The largest absolute Gasteiger partial charge is 0.450 e. The molecule has 4 rings (SSSR count). The fourth-order valence-corrected chi connectivity index (χ4v) is 3.65. The van der Waals surface area contributed by atoms with Gasteiger partial charge >= 0.3 is 5.97 Å². The van der Waals surface area contributed by atoms with Crippen LogP contribution in [0.15, 0.2) is 70.7 Å². The van der Waals surface area contributed by atoms with Crippen molar-refractivity contribution < 1.29 is 14.3 Å². The molecular weight excluding hydrogens is 414 g/mol. The van der Waals surface area contributed by atoms with E-state index in [2.05, 4.69) is 52.4 Å². The number of carbonyl (C=O) groups excluding carboxylic acids is 2. The van der Waals surface area contributed by atoms with E-state index in [1.165, 1.54) is 21.8 Å². The molecule has 0 bridgehead atoms. The minimum absolute atomic E-state index is 0.153. The Balaban J connectivity index is 1.30. The maximum absolute atomic E-state index is 12.1. The first-order valence-corrected chi connectivity index (χ1v) is 10.3. The zero-order chi connectivity index (χ0) is 21.8. The second-order valence-corrected chi connectivity index (χ2v) is 7.94.